The van der Waals surface area contributed by atoms with Crippen LogP contribution in [0.4, 0.5) is 13.2 Å². The van der Waals surface area contributed by atoms with Gasteiger partial charge in [-0.2, -0.15) is 13.2 Å². The summed E-state index contributed by atoms with van der Waals surface area (Å²) in [4.78, 5) is 25.5. The largest absolute Gasteiger partial charge is 0.490 e. The number of carbonyl (C=O) groups is 2. The van der Waals surface area contributed by atoms with E-state index in [1.807, 2.05) is 6.07 Å². The number of thiophene rings is 1. The number of rotatable bonds is 4. The summed E-state index contributed by atoms with van der Waals surface area (Å²) in [5, 5.41) is 12.3. The summed E-state index contributed by atoms with van der Waals surface area (Å²) < 4.78 is 37.7. The van der Waals surface area contributed by atoms with Crippen LogP contribution in [0.2, 0.25) is 0 Å². The molecule has 2 N–H and O–H groups in total. The van der Waals surface area contributed by atoms with Crippen molar-refractivity contribution in [2.75, 3.05) is 19.7 Å². The van der Waals surface area contributed by atoms with Crippen molar-refractivity contribution < 1.29 is 32.6 Å². The second-order valence-corrected chi connectivity index (χ2v) is 8.97. The molecule has 3 atom stereocenters. The molecule has 0 aromatic carbocycles. The summed E-state index contributed by atoms with van der Waals surface area (Å²) in [5.74, 6) is -2.03. The topological polar surface area (TPSA) is 78.9 Å². The molecule has 3 aliphatic rings. The lowest BCUT2D eigenvalue weighted by molar-refractivity contribution is -0.192. The van der Waals surface area contributed by atoms with Gasteiger partial charge >= 0.3 is 12.1 Å². The molecule has 4 rings (SSSR count). The third-order valence-corrected chi connectivity index (χ3v) is 6.97. The summed E-state index contributed by atoms with van der Waals surface area (Å²) in [6.07, 6.45) is 1.22. The molecule has 3 heterocycles. The van der Waals surface area contributed by atoms with E-state index in [1.54, 1.807) is 11.3 Å². The Morgan fingerprint density at radius 2 is 2.00 bits per heavy atom. The molecule has 0 spiro atoms. The normalized spacial score (nSPS) is 27.2. The Balaban J connectivity index is 0.000000318. The van der Waals surface area contributed by atoms with E-state index in [0.29, 0.717) is 12.5 Å². The molecular weight excluding hydrogens is 421 g/mol. The van der Waals surface area contributed by atoms with Gasteiger partial charge in [0.15, 0.2) is 0 Å². The summed E-state index contributed by atoms with van der Waals surface area (Å²) in [7, 11) is 0. The first kappa shape index (κ1) is 23.0. The number of carboxylic acid groups (broad SMARTS) is 1. The van der Waals surface area contributed by atoms with Crippen LogP contribution in [0.5, 0.6) is 0 Å². The highest BCUT2D eigenvalue weighted by Crippen LogP contribution is 2.36. The molecule has 6 nitrogen and oxygen atoms in total. The number of piperidine rings is 1. The molecule has 1 aromatic heterocycles. The van der Waals surface area contributed by atoms with Crippen LogP contribution < -0.4 is 5.32 Å². The molecule has 0 unspecified atom stereocenters. The number of ether oxygens (including phenoxy) is 1. The van der Waals surface area contributed by atoms with E-state index in [0.717, 1.165) is 38.6 Å². The van der Waals surface area contributed by atoms with Crippen LogP contribution in [0.3, 0.4) is 0 Å². The van der Waals surface area contributed by atoms with Gasteiger partial charge in [-0.15, -0.1) is 11.3 Å². The van der Waals surface area contributed by atoms with Crippen molar-refractivity contribution in [3.8, 4) is 0 Å². The van der Waals surface area contributed by atoms with Crippen molar-refractivity contribution in [1.82, 2.24) is 10.2 Å². The number of carbonyl (C=O) groups excluding carboxylic acids is 1. The van der Waals surface area contributed by atoms with Gasteiger partial charge in [-0.3, -0.25) is 9.69 Å². The Morgan fingerprint density at radius 1 is 1.27 bits per heavy atom. The number of likely N-dealkylation sites (tertiary alicyclic amines) is 1. The van der Waals surface area contributed by atoms with Crippen LogP contribution in [-0.2, 0) is 20.9 Å². The Morgan fingerprint density at radius 3 is 2.57 bits per heavy atom. The van der Waals surface area contributed by atoms with Gasteiger partial charge in [0, 0.05) is 42.5 Å². The maximum atomic E-state index is 12.7. The fraction of sp³-hybridized carbons (Fsp3) is 0.700. The quantitative estimate of drug-likeness (QED) is 0.739. The summed E-state index contributed by atoms with van der Waals surface area (Å²) in [6, 6.07) is 4.89. The number of aliphatic carboxylic acids is 1. The number of fused-ring (bicyclic) bond motifs is 1. The van der Waals surface area contributed by atoms with Crippen molar-refractivity contribution in [1.29, 1.82) is 0 Å². The van der Waals surface area contributed by atoms with Gasteiger partial charge in [0.05, 0.1) is 12.6 Å². The highest BCUT2D eigenvalue weighted by molar-refractivity contribution is 7.09. The zero-order valence-corrected chi connectivity index (χ0v) is 17.4. The molecule has 2 saturated heterocycles. The maximum Gasteiger partial charge on any atom is 0.490 e. The fourth-order valence-electron chi connectivity index (χ4n) is 4.27. The monoisotopic (exact) mass is 448 g/mol. The summed E-state index contributed by atoms with van der Waals surface area (Å²) in [5.41, 5.74) is 0. The first-order valence-corrected chi connectivity index (χ1v) is 11.1. The van der Waals surface area contributed by atoms with Crippen LogP contribution in [0.25, 0.3) is 0 Å². The Labute approximate surface area is 177 Å². The lowest BCUT2D eigenvalue weighted by atomic mass is 9.77. The number of nitrogens with zero attached hydrogens (tertiary/aromatic N) is 1. The number of nitrogens with one attached hydrogen (secondary N) is 1. The Kier molecular flexibility index (Phi) is 7.75. The predicted molar refractivity (Wildman–Crippen MR) is 105 cm³/mol. The molecule has 1 aromatic rings. The minimum Gasteiger partial charge on any atom is -0.475 e. The fourth-order valence-corrected chi connectivity index (χ4v) is 4.91. The third kappa shape index (κ3) is 5.95. The van der Waals surface area contributed by atoms with Gasteiger partial charge in [-0.1, -0.05) is 12.5 Å². The average Bonchev–Trinajstić information content (AvgIpc) is 3.17. The average molecular weight is 449 g/mol. The van der Waals surface area contributed by atoms with Crippen LogP contribution >= 0.6 is 11.3 Å². The van der Waals surface area contributed by atoms with Crippen molar-refractivity contribution in [3.05, 3.63) is 22.4 Å². The minimum absolute atomic E-state index is 0.122. The lowest BCUT2D eigenvalue weighted by Crippen LogP contribution is -2.56. The van der Waals surface area contributed by atoms with E-state index in [9.17, 15) is 18.0 Å². The molecule has 1 aliphatic carbocycles. The molecule has 10 heteroatoms. The van der Waals surface area contributed by atoms with Crippen molar-refractivity contribution >= 4 is 23.2 Å². The molecule has 1 saturated carbocycles. The molecule has 2 aliphatic heterocycles. The van der Waals surface area contributed by atoms with E-state index < -0.39 is 12.1 Å². The molecule has 0 radical (unpaired) electrons. The summed E-state index contributed by atoms with van der Waals surface area (Å²) >= 11 is 1.70. The molecule has 1 amide bonds. The zero-order valence-electron chi connectivity index (χ0n) is 16.6. The number of amides is 1. The van der Waals surface area contributed by atoms with Gasteiger partial charge in [-0.25, -0.2) is 4.79 Å². The van der Waals surface area contributed by atoms with Crippen molar-refractivity contribution in [2.24, 2.45) is 11.8 Å². The number of halogens is 3. The van der Waals surface area contributed by atoms with E-state index in [-0.39, 0.29) is 17.9 Å². The van der Waals surface area contributed by atoms with Crippen LogP contribution in [0.15, 0.2) is 17.5 Å². The lowest BCUT2D eigenvalue weighted by Gasteiger charge is -2.48. The smallest absolute Gasteiger partial charge is 0.475 e. The number of carboxylic acids is 1. The van der Waals surface area contributed by atoms with Crippen LogP contribution in [0.1, 0.15) is 37.0 Å². The Hall–Kier alpha value is -1.65. The first-order chi connectivity index (χ1) is 14.3. The maximum absolute atomic E-state index is 12.7. The van der Waals surface area contributed by atoms with E-state index in [1.165, 1.54) is 24.1 Å². The van der Waals surface area contributed by atoms with Crippen molar-refractivity contribution in [2.45, 2.75) is 57.0 Å². The highest BCUT2D eigenvalue weighted by atomic mass is 32.1. The molecule has 3 fully saturated rings. The SMILES string of the molecule is O=C(NCc1cccs1)[C@@H]1CCO[C@@H]2CCN(C3CCC3)C[C@@H]21.O=C(O)C(F)(F)F. The standard InChI is InChI=1S/C18H26N2O2S.C2HF3O2/c21-18(19-11-14-5-2-10-23-14)15-7-9-22-17-6-8-20(12-16(15)17)13-3-1-4-13;3-2(4,5)1(6)7/h2,5,10,13,15-17H,1,3-4,6-9,11-12H2,(H,19,21);(H,6,7)/t15-,16-,17-;/m1./s1. The summed E-state index contributed by atoms with van der Waals surface area (Å²) in [6.45, 7) is 3.60. The van der Waals surface area contributed by atoms with Gasteiger partial charge in [0.25, 0.3) is 0 Å². The molecule has 168 valence electrons. The highest BCUT2D eigenvalue weighted by Gasteiger charge is 2.43. The number of hydrogen-bond acceptors (Lipinski definition) is 5. The number of alkyl halides is 3. The van der Waals surface area contributed by atoms with Gasteiger partial charge in [0.1, 0.15) is 0 Å². The van der Waals surface area contributed by atoms with Gasteiger partial charge in [0.2, 0.25) is 5.91 Å². The number of hydrogen-bond donors (Lipinski definition) is 2. The van der Waals surface area contributed by atoms with E-state index >= 15 is 0 Å². The molecular formula is C20H27F3N2O4S. The van der Waals surface area contributed by atoms with Crippen LogP contribution in [-0.4, -0.2) is 59.9 Å². The van der Waals surface area contributed by atoms with E-state index in [2.05, 4.69) is 21.7 Å². The Bertz CT molecular complexity index is 709. The van der Waals surface area contributed by atoms with E-state index in [4.69, 9.17) is 14.6 Å². The second-order valence-electron chi connectivity index (χ2n) is 7.94. The molecule has 0 bridgehead atoms. The first-order valence-electron chi connectivity index (χ1n) is 10.2. The second kappa shape index (κ2) is 10.1. The third-order valence-electron chi connectivity index (χ3n) is 6.09. The van der Waals surface area contributed by atoms with Gasteiger partial charge < -0.3 is 15.2 Å². The van der Waals surface area contributed by atoms with Crippen LogP contribution in [0, 0.1) is 11.8 Å². The minimum atomic E-state index is -5.08. The van der Waals surface area contributed by atoms with Gasteiger partial charge in [-0.05, 0) is 37.1 Å². The zero-order chi connectivity index (χ0) is 21.7. The predicted octanol–water partition coefficient (Wildman–Crippen LogP) is 3.28. The van der Waals surface area contributed by atoms with Crippen molar-refractivity contribution in [3.63, 3.8) is 0 Å². The molecule has 30 heavy (non-hydrogen) atoms.